The van der Waals surface area contributed by atoms with Crippen LogP contribution in [0, 0.1) is 13.8 Å². The highest BCUT2D eigenvalue weighted by atomic mass is 32.1. The van der Waals surface area contributed by atoms with Gasteiger partial charge in [0.2, 0.25) is 0 Å². The highest BCUT2D eigenvalue weighted by Crippen LogP contribution is 2.18. The van der Waals surface area contributed by atoms with E-state index < -0.39 is 5.97 Å². The van der Waals surface area contributed by atoms with Crippen LogP contribution in [0.5, 0.6) is 0 Å². The molecule has 2 aromatic rings. The number of anilines is 1. The lowest BCUT2D eigenvalue weighted by Gasteiger charge is -2.06. The SMILES string of the molecule is CCc1ccc(NC(=O)COC(=O)c2sc(C)nc2C)cc1. The van der Waals surface area contributed by atoms with Gasteiger partial charge in [-0.2, -0.15) is 0 Å². The Morgan fingerprint density at radius 2 is 1.91 bits per heavy atom. The summed E-state index contributed by atoms with van der Waals surface area (Å²) >= 11 is 1.26. The molecule has 0 saturated carbocycles. The van der Waals surface area contributed by atoms with Crippen molar-refractivity contribution >= 4 is 28.9 Å². The summed E-state index contributed by atoms with van der Waals surface area (Å²) in [6.07, 6.45) is 0.944. The average Bonchev–Trinajstić information content (AvgIpc) is 2.84. The van der Waals surface area contributed by atoms with Gasteiger partial charge in [0.1, 0.15) is 4.88 Å². The molecule has 0 aliphatic rings. The van der Waals surface area contributed by atoms with E-state index in [0.717, 1.165) is 11.4 Å². The summed E-state index contributed by atoms with van der Waals surface area (Å²) in [5.41, 5.74) is 2.51. The first-order valence-corrected chi connectivity index (χ1v) is 7.81. The Morgan fingerprint density at radius 1 is 1.23 bits per heavy atom. The van der Waals surface area contributed by atoms with E-state index in [-0.39, 0.29) is 12.5 Å². The molecule has 2 rings (SSSR count). The third kappa shape index (κ3) is 4.14. The number of thiazole rings is 1. The molecule has 116 valence electrons. The molecule has 1 amide bonds. The lowest BCUT2D eigenvalue weighted by molar-refractivity contribution is -0.119. The molecule has 0 aliphatic heterocycles. The Balaban J connectivity index is 1.87. The van der Waals surface area contributed by atoms with Gasteiger partial charge in [0.25, 0.3) is 5.91 Å². The summed E-state index contributed by atoms with van der Waals surface area (Å²) in [6.45, 7) is 5.32. The first-order chi connectivity index (χ1) is 10.5. The standard InChI is InChI=1S/C16H18N2O3S/c1-4-12-5-7-13(8-6-12)18-14(19)9-21-16(20)15-10(2)17-11(3)22-15/h5-8H,4,9H2,1-3H3,(H,18,19). The second kappa shape index (κ2) is 7.17. The number of carbonyl (C=O) groups excluding carboxylic acids is 2. The topological polar surface area (TPSA) is 68.3 Å². The molecule has 0 unspecified atom stereocenters. The number of esters is 1. The number of hydrogen-bond donors (Lipinski definition) is 1. The maximum absolute atomic E-state index is 11.9. The summed E-state index contributed by atoms with van der Waals surface area (Å²) in [6, 6.07) is 7.56. The Hall–Kier alpha value is -2.21. The Bertz CT molecular complexity index is 677. The van der Waals surface area contributed by atoms with Gasteiger partial charge in [-0.1, -0.05) is 19.1 Å². The number of carbonyl (C=O) groups is 2. The van der Waals surface area contributed by atoms with Crippen molar-refractivity contribution < 1.29 is 14.3 Å². The molecule has 6 heteroatoms. The predicted molar refractivity (Wildman–Crippen MR) is 86.3 cm³/mol. The molecule has 1 aromatic heterocycles. The fourth-order valence-corrected chi connectivity index (χ4v) is 2.75. The first-order valence-electron chi connectivity index (χ1n) is 6.99. The predicted octanol–water partition coefficient (Wildman–Crippen LogP) is 3.12. The maximum atomic E-state index is 11.9. The van der Waals surface area contributed by atoms with Crippen molar-refractivity contribution in [1.29, 1.82) is 0 Å². The van der Waals surface area contributed by atoms with Crippen molar-refractivity contribution in [2.24, 2.45) is 0 Å². The van der Waals surface area contributed by atoms with Crippen LogP contribution in [0.1, 0.15) is 32.9 Å². The number of aromatic nitrogens is 1. The molecule has 0 fully saturated rings. The molecule has 22 heavy (non-hydrogen) atoms. The fourth-order valence-electron chi connectivity index (χ4n) is 1.94. The van der Waals surface area contributed by atoms with Gasteiger partial charge in [0.15, 0.2) is 6.61 Å². The highest BCUT2D eigenvalue weighted by molar-refractivity contribution is 7.13. The second-order valence-electron chi connectivity index (χ2n) is 4.82. The zero-order valence-corrected chi connectivity index (χ0v) is 13.6. The minimum absolute atomic E-state index is 0.315. The Kier molecular flexibility index (Phi) is 5.27. The molecule has 0 saturated heterocycles. The van der Waals surface area contributed by atoms with Gasteiger partial charge in [0, 0.05) is 5.69 Å². The molecule has 1 heterocycles. The van der Waals surface area contributed by atoms with E-state index in [1.807, 2.05) is 31.2 Å². The number of ether oxygens (including phenoxy) is 1. The number of hydrogen-bond acceptors (Lipinski definition) is 5. The van der Waals surface area contributed by atoms with Crippen LogP contribution in [-0.2, 0) is 16.0 Å². The van der Waals surface area contributed by atoms with Crippen molar-refractivity contribution in [3.05, 3.63) is 45.4 Å². The van der Waals surface area contributed by atoms with Crippen LogP contribution in [0.25, 0.3) is 0 Å². The molecule has 0 atom stereocenters. The zero-order chi connectivity index (χ0) is 16.1. The van der Waals surface area contributed by atoms with E-state index in [2.05, 4.69) is 17.2 Å². The normalized spacial score (nSPS) is 10.3. The summed E-state index contributed by atoms with van der Waals surface area (Å²) in [7, 11) is 0. The third-order valence-electron chi connectivity index (χ3n) is 3.07. The van der Waals surface area contributed by atoms with Gasteiger partial charge in [-0.05, 0) is 38.0 Å². The van der Waals surface area contributed by atoms with Crippen molar-refractivity contribution in [2.75, 3.05) is 11.9 Å². The van der Waals surface area contributed by atoms with Gasteiger partial charge in [-0.15, -0.1) is 11.3 Å². The monoisotopic (exact) mass is 318 g/mol. The summed E-state index contributed by atoms with van der Waals surface area (Å²) in [4.78, 5) is 28.3. The fraction of sp³-hybridized carbons (Fsp3) is 0.312. The lowest BCUT2D eigenvalue weighted by atomic mass is 10.1. The van der Waals surface area contributed by atoms with E-state index in [1.165, 1.54) is 16.9 Å². The number of rotatable bonds is 5. The van der Waals surface area contributed by atoms with E-state index in [9.17, 15) is 9.59 Å². The van der Waals surface area contributed by atoms with Gasteiger partial charge < -0.3 is 10.1 Å². The number of nitrogens with zero attached hydrogens (tertiary/aromatic N) is 1. The smallest absolute Gasteiger partial charge is 0.350 e. The van der Waals surface area contributed by atoms with Crippen LogP contribution in [-0.4, -0.2) is 23.5 Å². The van der Waals surface area contributed by atoms with Crippen LogP contribution in [0.4, 0.5) is 5.69 Å². The first kappa shape index (κ1) is 16.2. The molecule has 1 aromatic carbocycles. The van der Waals surface area contributed by atoms with Gasteiger partial charge in [0.05, 0.1) is 10.7 Å². The quantitative estimate of drug-likeness (QED) is 0.860. The van der Waals surface area contributed by atoms with Crippen LogP contribution >= 0.6 is 11.3 Å². The number of aryl methyl sites for hydroxylation is 3. The number of benzene rings is 1. The molecule has 5 nitrogen and oxygen atoms in total. The average molecular weight is 318 g/mol. The van der Waals surface area contributed by atoms with Crippen molar-refractivity contribution in [3.8, 4) is 0 Å². The molecular weight excluding hydrogens is 300 g/mol. The molecule has 1 N–H and O–H groups in total. The van der Waals surface area contributed by atoms with Crippen LogP contribution < -0.4 is 5.32 Å². The Labute approximate surface area is 133 Å². The van der Waals surface area contributed by atoms with E-state index >= 15 is 0 Å². The Morgan fingerprint density at radius 3 is 2.45 bits per heavy atom. The largest absolute Gasteiger partial charge is 0.451 e. The highest BCUT2D eigenvalue weighted by Gasteiger charge is 2.16. The molecule has 0 aliphatic carbocycles. The van der Waals surface area contributed by atoms with Crippen LogP contribution in [0.2, 0.25) is 0 Å². The summed E-state index contributed by atoms with van der Waals surface area (Å²) in [5.74, 6) is -0.879. The summed E-state index contributed by atoms with van der Waals surface area (Å²) < 4.78 is 5.02. The summed E-state index contributed by atoms with van der Waals surface area (Å²) in [5, 5.41) is 3.49. The maximum Gasteiger partial charge on any atom is 0.350 e. The molecule has 0 spiro atoms. The molecule has 0 bridgehead atoms. The number of amides is 1. The van der Waals surface area contributed by atoms with E-state index in [0.29, 0.717) is 16.3 Å². The van der Waals surface area contributed by atoms with Gasteiger partial charge >= 0.3 is 5.97 Å². The zero-order valence-electron chi connectivity index (χ0n) is 12.8. The molecule has 0 radical (unpaired) electrons. The van der Waals surface area contributed by atoms with Crippen molar-refractivity contribution in [2.45, 2.75) is 27.2 Å². The van der Waals surface area contributed by atoms with Gasteiger partial charge in [-0.3, -0.25) is 4.79 Å². The van der Waals surface area contributed by atoms with E-state index in [4.69, 9.17) is 4.74 Å². The lowest BCUT2D eigenvalue weighted by Crippen LogP contribution is -2.20. The van der Waals surface area contributed by atoms with Crippen LogP contribution in [0.3, 0.4) is 0 Å². The van der Waals surface area contributed by atoms with Gasteiger partial charge in [-0.25, -0.2) is 9.78 Å². The minimum atomic E-state index is -0.514. The third-order valence-corrected chi connectivity index (χ3v) is 4.12. The van der Waals surface area contributed by atoms with Crippen LogP contribution in [0.15, 0.2) is 24.3 Å². The second-order valence-corrected chi connectivity index (χ2v) is 6.03. The molecular formula is C16H18N2O3S. The number of nitrogens with one attached hydrogen (secondary N) is 1. The van der Waals surface area contributed by atoms with Crippen molar-refractivity contribution in [1.82, 2.24) is 4.98 Å². The minimum Gasteiger partial charge on any atom is -0.451 e. The van der Waals surface area contributed by atoms with E-state index in [1.54, 1.807) is 6.92 Å². The van der Waals surface area contributed by atoms with Crippen molar-refractivity contribution in [3.63, 3.8) is 0 Å².